The topological polar surface area (TPSA) is 61.5 Å². The van der Waals surface area contributed by atoms with Crippen molar-refractivity contribution in [3.05, 3.63) is 132 Å². The van der Waals surface area contributed by atoms with E-state index in [1.165, 1.54) is 0 Å². The molecule has 0 atom stereocenters. The lowest BCUT2D eigenvalue weighted by atomic mass is 10.0. The number of para-hydroxylation sites is 1. The molecule has 0 saturated heterocycles. The Morgan fingerprint density at radius 1 is 0.816 bits per heavy atom. The van der Waals surface area contributed by atoms with E-state index in [4.69, 9.17) is 4.74 Å². The van der Waals surface area contributed by atoms with E-state index in [1.54, 1.807) is 6.33 Å². The first-order chi connectivity index (χ1) is 18.7. The number of carbonyl (C=O) groups excluding carboxylic acids is 1. The third-order valence-corrected chi connectivity index (χ3v) is 6.79. The Labute approximate surface area is 222 Å². The van der Waals surface area contributed by atoms with Crippen molar-refractivity contribution in [1.29, 1.82) is 0 Å². The molecule has 0 unspecified atom stereocenters. The highest BCUT2D eigenvalue weighted by molar-refractivity contribution is 5.95. The Balaban J connectivity index is 1.30. The molecule has 6 rings (SSSR count). The number of amides is 1. The van der Waals surface area contributed by atoms with Crippen molar-refractivity contribution in [3.8, 4) is 22.6 Å². The number of anilines is 1. The van der Waals surface area contributed by atoms with E-state index in [9.17, 15) is 4.79 Å². The minimum Gasteiger partial charge on any atom is -0.457 e. The maximum atomic E-state index is 13.8. The van der Waals surface area contributed by atoms with Crippen LogP contribution in [0.1, 0.15) is 21.6 Å². The number of imidazole rings is 1. The van der Waals surface area contributed by atoms with Gasteiger partial charge in [0.15, 0.2) is 0 Å². The van der Waals surface area contributed by atoms with Gasteiger partial charge in [-0.3, -0.25) is 4.79 Å². The fraction of sp³-hybridized carbons (Fsp3) is 0.125. The molecule has 0 spiro atoms. The molecule has 6 heteroatoms. The van der Waals surface area contributed by atoms with Gasteiger partial charge in [-0.25, -0.2) is 4.98 Å². The lowest BCUT2D eigenvalue weighted by Gasteiger charge is -2.24. The Hall–Kier alpha value is -4.84. The zero-order valence-electron chi connectivity index (χ0n) is 21.0. The molecule has 6 nitrogen and oxygen atoms in total. The molecule has 1 aliphatic heterocycles. The molecule has 1 aromatic heterocycles. The minimum atomic E-state index is -0.0111. The van der Waals surface area contributed by atoms with Crippen molar-refractivity contribution >= 4 is 11.6 Å². The van der Waals surface area contributed by atoms with Gasteiger partial charge in [0.25, 0.3) is 5.91 Å². The van der Waals surface area contributed by atoms with Crippen LogP contribution in [0.25, 0.3) is 11.1 Å². The van der Waals surface area contributed by atoms with E-state index >= 15 is 0 Å². The average Bonchev–Trinajstić information content (AvgIpc) is 3.41. The molecule has 5 aromatic rings. The zero-order chi connectivity index (χ0) is 25.7. The number of hydrogen-bond donors (Lipinski definition) is 1. The molecule has 1 amide bonds. The lowest BCUT2D eigenvalue weighted by Crippen LogP contribution is -2.35. The van der Waals surface area contributed by atoms with Gasteiger partial charge in [-0.15, -0.1) is 0 Å². The first kappa shape index (κ1) is 23.6. The first-order valence-electron chi connectivity index (χ1n) is 12.8. The van der Waals surface area contributed by atoms with E-state index in [2.05, 4.69) is 45.2 Å². The maximum absolute atomic E-state index is 13.8. The Bertz CT molecular complexity index is 1520. The van der Waals surface area contributed by atoms with Crippen LogP contribution in [0, 0.1) is 0 Å². The zero-order valence-corrected chi connectivity index (χ0v) is 21.0. The molecule has 188 valence electrons. The number of carbonyl (C=O) groups is 1. The molecule has 2 heterocycles. The van der Waals surface area contributed by atoms with Crippen LogP contribution < -0.4 is 9.64 Å². The summed E-state index contributed by atoms with van der Waals surface area (Å²) in [5.41, 5.74) is 6.20. The van der Waals surface area contributed by atoms with Crippen LogP contribution in [-0.4, -0.2) is 33.9 Å². The largest absolute Gasteiger partial charge is 0.457 e. The first-order valence-corrected chi connectivity index (χ1v) is 12.8. The molecule has 0 radical (unpaired) electrons. The van der Waals surface area contributed by atoms with E-state index in [0.717, 1.165) is 33.8 Å². The minimum absolute atomic E-state index is 0.0111. The number of ether oxygens (including phenoxy) is 1. The van der Waals surface area contributed by atoms with E-state index in [-0.39, 0.29) is 5.91 Å². The molecule has 0 fully saturated rings. The van der Waals surface area contributed by atoms with Crippen molar-refractivity contribution in [2.24, 2.45) is 0 Å². The van der Waals surface area contributed by atoms with Gasteiger partial charge in [0.05, 0.1) is 18.6 Å². The van der Waals surface area contributed by atoms with Crippen LogP contribution in [0.2, 0.25) is 0 Å². The summed E-state index contributed by atoms with van der Waals surface area (Å²) < 4.78 is 5.99. The number of aromatic amines is 1. The number of fused-ring (bicyclic) bond motifs is 1. The summed E-state index contributed by atoms with van der Waals surface area (Å²) in [5, 5.41) is 0. The second kappa shape index (κ2) is 10.6. The highest BCUT2D eigenvalue weighted by Gasteiger charge is 2.25. The third kappa shape index (κ3) is 5.15. The van der Waals surface area contributed by atoms with Crippen LogP contribution in [0.5, 0.6) is 11.5 Å². The van der Waals surface area contributed by atoms with E-state index < -0.39 is 0 Å². The van der Waals surface area contributed by atoms with Gasteiger partial charge in [-0.1, -0.05) is 60.7 Å². The van der Waals surface area contributed by atoms with Crippen LogP contribution >= 0.6 is 0 Å². The normalized spacial score (nSPS) is 13.1. The number of H-pyrrole nitrogens is 1. The molecular formula is C32H28N4O2. The van der Waals surface area contributed by atoms with Crippen LogP contribution in [0.15, 0.2) is 116 Å². The van der Waals surface area contributed by atoms with Crippen molar-refractivity contribution in [2.75, 3.05) is 18.0 Å². The van der Waals surface area contributed by atoms with Gasteiger partial charge in [-0.05, 0) is 59.2 Å². The predicted molar refractivity (Wildman–Crippen MR) is 149 cm³/mol. The molecule has 1 N–H and O–H groups in total. The quantitative estimate of drug-likeness (QED) is 0.288. The van der Waals surface area contributed by atoms with Crippen molar-refractivity contribution < 1.29 is 9.53 Å². The van der Waals surface area contributed by atoms with E-state index in [1.807, 2.05) is 83.9 Å². The second-order valence-electron chi connectivity index (χ2n) is 9.38. The fourth-order valence-electron chi connectivity index (χ4n) is 4.89. The predicted octanol–water partition coefficient (Wildman–Crippen LogP) is 6.53. The SMILES string of the molecule is O=C(c1cccc(Oc2ccccc2)c1)N1CCN(Cc2cnc[nH]2)c2ccc(-c3ccccc3)cc2C1. The number of nitrogens with one attached hydrogen (secondary N) is 1. The number of rotatable bonds is 6. The van der Waals surface area contributed by atoms with Crippen molar-refractivity contribution in [1.82, 2.24) is 14.9 Å². The Morgan fingerprint density at radius 3 is 2.39 bits per heavy atom. The molecule has 0 saturated carbocycles. The molecule has 4 aromatic carbocycles. The molecule has 38 heavy (non-hydrogen) atoms. The average molecular weight is 501 g/mol. The fourth-order valence-corrected chi connectivity index (χ4v) is 4.89. The van der Waals surface area contributed by atoms with E-state index in [0.29, 0.717) is 37.5 Å². The number of aromatic nitrogens is 2. The Kier molecular flexibility index (Phi) is 6.60. The number of hydrogen-bond acceptors (Lipinski definition) is 4. The van der Waals surface area contributed by atoms with Crippen LogP contribution in [-0.2, 0) is 13.1 Å². The van der Waals surface area contributed by atoms with Crippen molar-refractivity contribution in [3.63, 3.8) is 0 Å². The van der Waals surface area contributed by atoms with Gasteiger partial charge in [0.2, 0.25) is 0 Å². The standard InChI is InChI=1S/C32H28N4O2/c37-32(26-10-7-13-30(19-26)38-29-11-5-2-6-12-29)36-17-16-35(22-28-20-33-23-34-28)31-15-14-25(18-27(31)21-36)24-8-3-1-4-9-24/h1-15,18-20,23H,16-17,21-22H2,(H,33,34). The summed E-state index contributed by atoms with van der Waals surface area (Å²) in [4.78, 5) is 25.4. The highest BCUT2D eigenvalue weighted by Crippen LogP contribution is 2.32. The molecule has 0 aliphatic carbocycles. The van der Waals surface area contributed by atoms with Crippen LogP contribution in [0.4, 0.5) is 5.69 Å². The molecule has 0 bridgehead atoms. The summed E-state index contributed by atoms with van der Waals surface area (Å²) in [6, 6.07) is 33.9. The van der Waals surface area contributed by atoms with Gasteiger partial charge in [0, 0.05) is 37.1 Å². The van der Waals surface area contributed by atoms with Gasteiger partial charge < -0.3 is 19.5 Å². The summed E-state index contributed by atoms with van der Waals surface area (Å²) in [7, 11) is 0. The summed E-state index contributed by atoms with van der Waals surface area (Å²) >= 11 is 0. The Morgan fingerprint density at radius 2 is 1.61 bits per heavy atom. The lowest BCUT2D eigenvalue weighted by molar-refractivity contribution is 0.0751. The summed E-state index contributed by atoms with van der Waals surface area (Å²) in [5.74, 6) is 1.37. The summed E-state index contributed by atoms with van der Waals surface area (Å²) in [6.07, 6.45) is 3.55. The van der Waals surface area contributed by atoms with Crippen molar-refractivity contribution in [2.45, 2.75) is 13.1 Å². The molecular weight excluding hydrogens is 472 g/mol. The highest BCUT2D eigenvalue weighted by atomic mass is 16.5. The van der Waals surface area contributed by atoms with Gasteiger partial charge in [0.1, 0.15) is 11.5 Å². The van der Waals surface area contributed by atoms with Gasteiger partial charge in [-0.2, -0.15) is 0 Å². The second-order valence-corrected chi connectivity index (χ2v) is 9.38. The number of benzene rings is 4. The van der Waals surface area contributed by atoms with Crippen LogP contribution in [0.3, 0.4) is 0 Å². The van der Waals surface area contributed by atoms with Gasteiger partial charge >= 0.3 is 0 Å². The smallest absolute Gasteiger partial charge is 0.254 e. The molecule has 1 aliphatic rings. The third-order valence-electron chi connectivity index (χ3n) is 6.79. The monoisotopic (exact) mass is 500 g/mol. The summed E-state index contributed by atoms with van der Waals surface area (Å²) in [6.45, 7) is 2.53. The maximum Gasteiger partial charge on any atom is 0.254 e. The number of nitrogens with zero attached hydrogens (tertiary/aromatic N) is 3.